The fraction of sp³-hybridized carbons (Fsp3) is 0.613. The van der Waals surface area contributed by atoms with Gasteiger partial charge in [-0.1, -0.05) is 61.5 Å². The van der Waals surface area contributed by atoms with Crippen molar-refractivity contribution in [2.75, 3.05) is 60.1 Å². The van der Waals surface area contributed by atoms with Crippen molar-refractivity contribution in [2.45, 2.75) is 169 Å². The molecule has 0 aromatic heterocycles. The molecule has 7 rings (SSSR count). The van der Waals surface area contributed by atoms with Crippen LogP contribution in [0.25, 0.3) is 22.6 Å². The summed E-state index contributed by atoms with van der Waals surface area (Å²) >= 11 is 0. The standard InChI is InChI=1S/C62H86N12O16.H2O/c1-27(2)42-59(84)73-23-17-19-36(73)57(82)69(13)25-38(75)71(15)48(29(5)6)61(86)88-33(11)44(55(80)65-42)67-53(78)35-22-21-31(9)51-46(35)64-47-40(41(63)50(77)32(10)52(47)90-51)54(79)68-45-34(12)89-62(87)49(30(7)8)72(16)39(76)26-70(14)58(83)37-20-18-24-74(37)60(85)43(28(3)4)66-56(45)81;/h21-22,27-30,33-34,36-37,42-45,48-49H,17-20,23-26,63H2,1-16H3,(H,65,80)(H,66,81)(H,67,78)(H,68,79);1H2. The first-order chi connectivity index (χ1) is 42.1. The molecule has 1 aromatic carbocycles. The van der Waals surface area contributed by atoms with Crippen LogP contribution in [-0.2, 0) is 57.4 Å². The molecule has 10 amide bonds. The van der Waals surface area contributed by atoms with Crippen molar-refractivity contribution in [3.05, 3.63) is 44.6 Å². The molecule has 0 saturated carbocycles. The third kappa shape index (κ3) is 14.4. The fourth-order valence-electron chi connectivity index (χ4n) is 12.3. The van der Waals surface area contributed by atoms with Crippen molar-refractivity contribution < 1.29 is 76.9 Å². The minimum atomic E-state index is -1.88. The van der Waals surface area contributed by atoms with Crippen LogP contribution in [-0.4, -0.2) is 226 Å². The zero-order valence-electron chi connectivity index (χ0n) is 54.6. The van der Waals surface area contributed by atoms with E-state index in [1.165, 1.54) is 80.7 Å². The molecule has 4 saturated heterocycles. The lowest BCUT2D eigenvalue weighted by Crippen LogP contribution is -2.61. The maximum Gasteiger partial charge on any atom is 0.329 e. The van der Waals surface area contributed by atoms with Crippen LogP contribution in [0.5, 0.6) is 0 Å². The van der Waals surface area contributed by atoms with Crippen molar-refractivity contribution in [2.24, 2.45) is 23.7 Å². The van der Waals surface area contributed by atoms with E-state index in [4.69, 9.17) is 24.6 Å². The Bertz CT molecular complexity index is 3420. The molecule has 1 aromatic rings. The maximum atomic E-state index is 15.2. The van der Waals surface area contributed by atoms with Crippen molar-refractivity contribution >= 4 is 87.8 Å². The Morgan fingerprint density at radius 3 is 1.44 bits per heavy atom. The number of carbonyl (C=O) groups excluding carboxylic acids is 12. The van der Waals surface area contributed by atoms with Gasteiger partial charge in [0.1, 0.15) is 71.8 Å². The lowest BCUT2D eigenvalue weighted by atomic mass is 9.98. The van der Waals surface area contributed by atoms with E-state index in [2.05, 4.69) is 21.3 Å². The largest absolute Gasteiger partial charge is 0.458 e. The Morgan fingerprint density at radius 2 is 1.03 bits per heavy atom. The van der Waals surface area contributed by atoms with Gasteiger partial charge in [-0.3, -0.25) is 52.7 Å². The van der Waals surface area contributed by atoms with E-state index in [1.54, 1.807) is 62.3 Å². The topological polar surface area (TPSA) is 391 Å². The van der Waals surface area contributed by atoms with Gasteiger partial charge in [-0.25, -0.2) is 14.6 Å². The summed E-state index contributed by atoms with van der Waals surface area (Å²) < 4.78 is 18.3. The number of nitrogens with two attached hydrogens (primary N) is 1. The average molecular weight is 1270 g/mol. The van der Waals surface area contributed by atoms with E-state index in [9.17, 15) is 52.7 Å². The molecule has 91 heavy (non-hydrogen) atoms. The number of fused-ring (bicyclic) bond motifs is 4. The van der Waals surface area contributed by atoms with Gasteiger partial charge in [0.2, 0.25) is 52.7 Å². The molecule has 29 heteroatoms. The first-order valence-corrected chi connectivity index (χ1v) is 30.5. The second-order valence-corrected chi connectivity index (χ2v) is 25.5. The van der Waals surface area contributed by atoms with Gasteiger partial charge in [-0.05, 0) is 88.7 Å². The van der Waals surface area contributed by atoms with Crippen LogP contribution in [0.1, 0.15) is 127 Å². The highest BCUT2D eigenvalue weighted by molar-refractivity contribution is 6.10. The van der Waals surface area contributed by atoms with Crippen molar-refractivity contribution in [1.29, 1.82) is 0 Å². The second-order valence-electron chi connectivity index (χ2n) is 25.5. The van der Waals surface area contributed by atoms with Crippen LogP contribution in [0.15, 0.2) is 21.3 Å². The number of nitrogens with zero attached hydrogens (tertiary/aromatic N) is 7. The number of anilines is 1. The Balaban J connectivity index is 0.0000132. The van der Waals surface area contributed by atoms with E-state index in [-0.39, 0.29) is 59.4 Å². The van der Waals surface area contributed by atoms with E-state index in [1.807, 2.05) is 0 Å². The summed E-state index contributed by atoms with van der Waals surface area (Å²) in [7, 11) is 5.59. The molecule has 5 aliphatic heterocycles. The number of ether oxygens (including phenoxy) is 2. The number of cyclic esters (lactones) is 2. The zero-order chi connectivity index (χ0) is 67.0. The monoisotopic (exact) mass is 1270 g/mol. The Morgan fingerprint density at radius 1 is 0.615 bits per heavy atom. The van der Waals surface area contributed by atoms with Gasteiger partial charge in [0, 0.05) is 46.8 Å². The van der Waals surface area contributed by atoms with Crippen molar-refractivity contribution in [1.82, 2.24) is 55.7 Å². The molecule has 10 atom stereocenters. The quantitative estimate of drug-likeness (QED) is 0.112. The van der Waals surface area contributed by atoms with Gasteiger partial charge in [-0.2, -0.15) is 0 Å². The van der Waals surface area contributed by atoms with Gasteiger partial charge in [0.25, 0.3) is 11.8 Å². The lowest BCUT2D eigenvalue weighted by Gasteiger charge is -2.36. The van der Waals surface area contributed by atoms with Crippen LogP contribution >= 0.6 is 0 Å². The van der Waals surface area contributed by atoms with Gasteiger partial charge >= 0.3 is 11.9 Å². The molecule has 8 N–H and O–H groups in total. The van der Waals surface area contributed by atoms with E-state index in [0.717, 1.165) is 9.80 Å². The van der Waals surface area contributed by atoms with E-state index in [0.29, 0.717) is 18.4 Å². The number of aryl methyl sites for hydroxylation is 1. The summed E-state index contributed by atoms with van der Waals surface area (Å²) in [5.41, 5.74) is 3.57. The lowest BCUT2D eigenvalue weighted by molar-refractivity contribution is -0.163. The van der Waals surface area contributed by atoms with Crippen molar-refractivity contribution in [3.63, 3.8) is 0 Å². The fourth-order valence-corrected chi connectivity index (χ4v) is 12.3. The average Bonchev–Trinajstić information content (AvgIpc) is 1.25. The summed E-state index contributed by atoms with van der Waals surface area (Å²) in [6.07, 6.45) is -1.65. The molecular weight excluding hydrogens is 1180 g/mol. The number of likely N-dealkylation sites (N-methyl/N-ethyl adjacent to an activating group) is 4. The highest BCUT2D eigenvalue weighted by Crippen LogP contribution is 2.35. The Kier molecular flexibility index (Phi) is 22.4. The van der Waals surface area contributed by atoms with Gasteiger partial charge in [-0.15, -0.1) is 0 Å². The number of carbonyl (C=O) groups is 12. The third-order valence-electron chi connectivity index (χ3n) is 17.5. The number of amides is 10. The number of nitrogen functional groups attached to an aromatic ring is 1. The first-order valence-electron chi connectivity index (χ1n) is 30.5. The molecule has 498 valence electrons. The molecule has 1 aliphatic carbocycles. The van der Waals surface area contributed by atoms with Gasteiger partial charge in [0.05, 0.1) is 29.9 Å². The number of aromatic nitrogens is 1. The molecule has 6 aliphatic rings. The van der Waals surface area contributed by atoms with Gasteiger partial charge < -0.3 is 75.8 Å². The van der Waals surface area contributed by atoms with Crippen LogP contribution in [0.3, 0.4) is 0 Å². The van der Waals surface area contributed by atoms with E-state index < -0.39 is 191 Å². The number of esters is 2. The molecular formula is C62H88N12O17. The van der Waals surface area contributed by atoms with Crippen LogP contribution in [0.4, 0.5) is 5.69 Å². The Hall–Kier alpha value is -8.76. The summed E-state index contributed by atoms with van der Waals surface area (Å²) in [6, 6.07) is -7.90. The molecule has 4 fully saturated rings. The van der Waals surface area contributed by atoms with Crippen LogP contribution in [0, 0.1) is 37.5 Å². The minimum Gasteiger partial charge on any atom is -0.458 e. The SMILES string of the molecule is Cc1c2oc3c(C)ccc(C(=O)NC4C(=O)NC(C(C)C)C(=O)N5CCCC5C(=O)N(C)CC(=O)N(C)C(C(C)C)C(=O)OC4C)c3nc-2c(C(=O)NC2C(=O)NC(C(C)C)C(=O)N3CCCC3C(=O)N(C)CC(=O)N(C)C(C(C)C)C(=O)OC2C)c(N)c1=O.O. The second kappa shape index (κ2) is 28.6. The number of hydrogen-bond acceptors (Lipinski definition) is 18. The predicted molar refractivity (Wildman–Crippen MR) is 329 cm³/mol. The van der Waals surface area contributed by atoms with Crippen molar-refractivity contribution in [3.8, 4) is 11.5 Å². The third-order valence-corrected chi connectivity index (χ3v) is 17.5. The predicted octanol–water partition coefficient (Wildman–Crippen LogP) is -0.0991. The Labute approximate surface area is 527 Å². The van der Waals surface area contributed by atoms with E-state index >= 15 is 9.59 Å². The highest BCUT2D eigenvalue weighted by atomic mass is 16.6. The molecule has 5 heterocycles. The number of benzene rings is 2. The molecule has 0 radical (unpaired) electrons. The minimum absolute atomic E-state index is 0. The summed E-state index contributed by atoms with van der Waals surface area (Å²) in [5.74, 6) is -12.4. The summed E-state index contributed by atoms with van der Waals surface area (Å²) in [6.45, 7) is 18.4. The summed E-state index contributed by atoms with van der Waals surface area (Å²) in [5, 5.41) is 10.7. The van der Waals surface area contributed by atoms with Crippen LogP contribution in [0.2, 0.25) is 0 Å². The van der Waals surface area contributed by atoms with Crippen LogP contribution < -0.4 is 32.4 Å². The molecule has 0 spiro atoms. The molecule has 10 unspecified atom stereocenters. The number of hydrogen-bond donors (Lipinski definition) is 5. The first kappa shape index (κ1) is 71.3. The highest BCUT2D eigenvalue weighted by Gasteiger charge is 2.46. The smallest absolute Gasteiger partial charge is 0.329 e. The molecule has 29 nitrogen and oxygen atoms in total. The number of rotatable bonds is 8. The maximum absolute atomic E-state index is 15.2. The molecule has 0 bridgehead atoms. The van der Waals surface area contributed by atoms with Gasteiger partial charge in [0.15, 0.2) is 11.3 Å². The number of nitrogens with one attached hydrogen (secondary N) is 4. The zero-order valence-corrected chi connectivity index (χ0v) is 54.6. The summed E-state index contributed by atoms with van der Waals surface area (Å²) in [4.78, 5) is 199. The normalized spacial score (nSPS) is 25.9.